The molecule has 0 saturated carbocycles. The molecule has 0 bridgehead atoms. The standard InChI is InChI=1S/C23H23N5O2/c1-15-5-2-3-6-17(15)21-18-14-27(22(29)19-7-4-8-25-19)12-16(18)13-28(21)23(30)20-11-24-9-10-26-20/h2-11,16,18,21,25H,12-14H2,1H3/t16-,18-,21+/m0/s1. The van der Waals surface area contributed by atoms with Crippen LogP contribution in [0.25, 0.3) is 0 Å². The smallest absolute Gasteiger partial charge is 0.274 e. The summed E-state index contributed by atoms with van der Waals surface area (Å²) in [5, 5.41) is 0. The van der Waals surface area contributed by atoms with Crippen LogP contribution in [0.4, 0.5) is 0 Å². The summed E-state index contributed by atoms with van der Waals surface area (Å²) in [6.07, 6.45) is 6.40. The van der Waals surface area contributed by atoms with E-state index in [4.69, 9.17) is 0 Å². The molecular formula is C23H23N5O2. The summed E-state index contributed by atoms with van der Waals surface area (Å²) in [7, 11) is 0. The van der Waals surface area contributed by atoms with E-state index in [0.29, 0.717) is 31.0 Å². The summed E-state index contributed by atoms with van der Waals surface area (Å²) in [4.78, 5) is 41.3. The van der Waals surface area contributed by atoms with Crippen molar-refractivity contribution in [1.82, 2.24) is 24.8 Å². The number of carbonyl (C=O) groups excluding carboxylic acids is 2. The van der Waals surface area contributed by atoms with Crippen molar-refractivity contribution in [3.8, 4) is 0 Å². The van der Waals surface area contributed by atoms with Crippen molar-refractivity contribution in [3.63, 3.8) is 0 Å². The molecule has 5 rings (SSSR count). The van der Waals surface area contributed by atoms with Gasteiger partial charge in [-0.2, -0.15) is 0 Å². The Morgan fingerprint density at radius 1 is 1.03 bits per heavy atom. The second-order valence-corrected chi connectivity index (χ2v) is 8.07. The van der Waals surface area contributed by atoms with Crippen molar-refractivity contribution >= 4 is 11.8 Å². The fourth-order valence-electron chi connectivity index (χ4n) is 4.93. The van der Waals surface area contributed by atoms with Crippen LogP contribution in [0.5, 0.6) is 0 Å². The molecule has 3 aromatic rings. The number of aryl methyl sites for hydroxylation is 1. The molecule has 0 radical (unpaired) electrons. The molecule has 30 heavy (non-hydrogen) atoms. The molecule has 3 atom stereocenters. The molecular weight excluding hydrogens is 378 g/mol. The van der Waals surface area contributed by atoms with E-state index < -0.39 is 0 Å². The van der Waals surface area contributed by atoms with Gasteiger partial charge in [-0.15, -0.1) is 0 Å². The van der Waals surface area contributed by atoms with Gasteiger partial charge in [-0.1, -0.05) is 24.3 Å². The van der Waals surface area contributed by atoms with Gasteiger partial charge in [0.2, 0.25) is 0 Å². The highest BCUT2D eigenvalue weighted by atomic mass is 16.2. The van der Waals surface area contributed by atoms with E-state index >= 15 is 0 Å². The summed E-state index contributed by atoms with van der Waals surface area (Å²) >= 11 is 0. The maximum absolute atomic E-state index is 13.3. The Labute approximate surface area is 174 Å². The quantitative estimate of drug-likeness (QED) is 0.732. The number of hydrogen-bond donors (Lipinski definition) is 1. The molecule has 1 aromatic carbocycles. The topological polar surface area (TPSA) is 82.2 Å². The molecule has 0 unspecified atom stereocenters. The molecule has 1 N–H and O–H groups in total. The molecule has 0 spiro atoms. The van der Waals surface area contributed by atoms with E-state index in [1.165, 1.54) is 6.20 Å². The van der Waals surface area contributed by atoms with Gasteiger partial charge in [0, 0.05) is 50.1 Å². The zero-order chi connectivity index (χ0) is 20.7. The Hall–Kier alpha value is -3.48. The van der Waals surface area contributed by atoms with Crippen LogP contribution < -0.4 is 0 Å². The number of likely N-dealkylation sites (tertiary alicyclic amines) is 2. The Kier molecular flexibility index (Phi) is 4.58. The van der Waals surface area contributed by atoms with E-state index in [0.717, 1.165) is 11.1 Å². The third-order valence-corrected chi connectivity index (χ3v) is 6.33. The van der Waals surface area contributed by atoms with Crippen molar-refractivity contribution in [1.29, 1.82) is 0 Å². The fraction of sp³-hybridized carbons (Fsp3) is 0.304. The van der Waals surface area contributed by atoms with Crippen LogP contribution >= 0.6 is 0 Å². The van der Waals surface area contributed by atoms with Crippen molar-refractivity contribution in [2.24, 2.45) is 11.8 Å². The first-order valence-electron chi connectivity index (χ1n) is 10.2. The number of nitrogens with one attached hydrogen (secondary N) is 1. The lowest BCUT2D eigenvalue weighted by Gasteiger charge is -2.30. The van der Waals surface area contributed by atoms with E-state index in [2.05, 4.69) is 34.0 Å². The van der Waals surface area contributed by atoms with E-state index in [1.54, 1.807) is 24.7 Å². The average Bonchev–Trinajstić information content (AvgIpc) is 3.50. The lowest BCUT2D eigenvalue weighted by atomic mass is 9.87. The first kappa shape index (κ1) is 18.5. The molecule has 2 saturated heterocycles. The van der Waals surface area contributed by atoms with Gasteiger partial charge >= 0.3 is 0 Å². The number of nitrogens with zero attached hydrogens (tertiary/aromatic N) is 4. The normalized spacial score (nSPS) is 22.9. The van der Waals surface area contributed by atoms with Crippen LogP contribution in [0.15, 0.2) is 61.2 Å². The van der Waals surface area contributed by atoms with E-state index in [9.17, 15) is 9.59 Å². The van der Waals surface area contributed by atoms with Crippen LogP contribution in [0.1, 0.15) is 38.1 Å². The van der Waals surface area contributed by atoms with E-state index in [-0.39, 0.29) is 29.7 Å². The van der Waals surface area contributed by atoms with Gasteiger partial charge < -0.3 is 14.8 Å². The minimum Gasteiger partial charge on any atom is -0.357 e. The summed E-state index contributed by atoms with van der Waals surface area (Å²) in [5.74, 6) is 0.331. The first-order chi connectivity index (χ1) is 14.6. The molecule has 2 aliphatic rings. The largest absolute Gasteiger partial charge is 0.357 e. The Balaban J connectivity index is 1.47. The molecule has 7 heteroatoms. The summed E-state index contributed by atoms with van der Waals surface area (Å²) in [6, 6.07) is 11.7. The monoisotopic (exact) mass is 401 g/mol. The number of benzene rings is 1. The Bertz CT molecular complexity index is 1070. The zero-order valence-corrected chi connectivity index (χ0v) is 16.7. The molecule has 4 heterocycles. The number of fused-ring (bicyclic) bond motifs is 1. The molecule has 2 fully saturated rings. The van der Waals surface area contributed by atoms with Gasteiger partial charge in [-0.25, -0.2) is 4.98 Å². The predicted molar refractivity (Wildman–Crippen MR) is 111 cm³/mol. The SMILES string of the molecule is Cc1ccccc1[C@@H]1[C@H]2CN(C(=O)c3ccc[nH]3)C[C@H]2CN1C(=O)c1cnccn1. The van der Waals surface area contributed by atoms with Crippen LogP contribution in [0.2, 0.25) is 0 Å². The van der Waals surface area contributed by atoms with Crippen LogP contribution in [0.3, 0.4) is 0 Å². The highest BCUT2D eigenvalue weighted by Gasteiger charge is 2.50. The number of H-pyrrole nitrogens is 1. The average molecular weight is 401 g/mol. The number of amides is 2. The molecule has 152 valence electrons. The Morgan fingerprint density at radius 2 is 1.90 bits per heavy atom. The fourth-order valence-corrected chi connectivity index (χ4v) is 4.93. The lowest BCUT2D eigenvalue weighted by Crippen LogP contribution is -2.38. The lowest BCUT2D eigenvalue weighted by molar-refractivity contribution is 0.0670. The van der Waals surface area contributed by atoms with Gasteiger partial charge in [-0.3, -0.25) is 14.6 Å². The molecule has 7 nitrogen and oxygen atoms in total. The summed E-state index contributed by atoms with van der Waals surface area (Å²) < 4.78 is 0. The summed E-state index contributed by atoms with van der Waals surface area (Å²) in [6.45, 7) is 3.96. The number of aromatic amines is 1. The van der Waals surface area contributed by atoms with Gasteiger partial charge in [-0.05, 0) is 30.2 Å². The van der Waals surface area contributed by atoms with Gasteiger partial charge in [0.25, 0.3) is 11.8 Å². The second kappa shape index (κ2) is 7.40. The van der Waals surface area contributed by atoms with Gasteiger partial charge in [0.1, 0.15) is 11.4 Å². The molecule has 2 aliphatic heterocycles. The van der Waals surface area contributed by atoms with Crippen molar-refractivity contribution in [2.45, 2.75) is 13.0 Å². The molecule has 0 aliphatic carbocycles. The van der Waals surface area contributed by atoms with Crippen molar-refractivity contribution in [2.75, 3.05) is 19.6 Å². The highest BCUT2D eigenvalue weighted by molar-refractivity contribution is 5.93. The summed E-state index contributed by atoms with van der Waals surface area (Å²) in [5.41, 5.74) is 3.25. The highest BCUT2D eigenvalue weighted by Crippen LogP contribution is 2.46. The van der Waals surface area contributed by atoms with Crippen LogP contribution in [0, 0.1) is 18.8 Å². The maximum Gasteiger partial charge on any atom is 0.274 e. The van der Waals surface area contributed by atoms with Crippen molar-refractivity contribution in [3.05, 3.63) is 83.7 Å². The van der Waals surface area contributed by atoms with E-state index in [1.807, 2.05) is 28.0 Å². The van der Waals surface area contributed by atoms with Gasteiger partial charge in [0.15, 0.2) is 0 Å². The third kappa shape index (κ3) is 3.07. The van der Waals surface area contributed by atoms with Crippen LogP contribution in [-0.4, -0.2) is 56.2 Å². The van der Waals surface area contributed by atoms with Crippen LogP contribution in [-0.2, 0) is 0 Å². The number of hydrogen-bond acceptors (Lipinski definition) is 4. The number of carbonyl (C=O) groups is 2. The second-order valence-electron chi connectivity index (χ2n) is 8.07. The number of rotatable bonds is 3. The third-order valence-electron chi connectivity index (χ3n) is 6.33. The minimum absolute atomic E-state index is 0.0183. The first-order valence-corrected chi connectivity index (χ1v) is 10.2. The van der Waals surface area contributed by atoms with Gasteiger partial charge in [0.05, 0.1) is 12.2 Å². The predicted octanol–water partition coefficient (Wildman–Crippen LogP) is 2.70. The van der Waals surface area contributed by atoms with Crippen molar-refractivity contribution < 1.29 is 9.59 Å². The molecule has 2 aromatic heterocycles. The molecule has 2 amide bonds. The maximum atomic E-state index is 13.3. The minimum atomic E-state index is -0.104. The Morgan fingerprint density at radius 3 is 2.63 bits per heavy atom. The zero-order valence-electron chi connectivity index (χ0n) is 16.7. The number of aromatic nitrogens is 3.